The maximum atomic E-state index is 15.5. The molecule has 138 heavy (non-hydrogen) atoms. The van der Waals surface area contributed by atoms with Gasteiger partial charge in [-0.15, -0.1) is 0 Å². The van der Waals surface area contributed by atoms with Crippen LogP contribution in [-0.2, 0) is 99.6 Å². The SMILES string of the molecule is COc1ccc(C=CC(=O)O[C@H]2[C@H](O[C@H]3[C@H](O)[C@@H](O)[C@H](O[C@@H]4CO[C@@H](O[C@@H]5[C@@H](O)[C@H](C)O[C@@H](O[C@H]6[C@H](O[C@H]7CC[C@]8(C)[C@H]9CC=C%10[C@@H]%11CC(C)(C)CC[C@]%11(C(=O)O[C@@H]%11O[C@H](CO[C@@H]%12O[C@H](CO)[C@@H](O[C@@H]%13O[C@@H](C)[C@H](O)[C@@H](O)[C@H]%13O)[C@H](O)[C@H]%12O)[C@@H](O)[C@H](O)[C@H]%11O)CC[C@@]%10(C)[C@]9(C)CC[C@H]8C7(C)C)OC[C@H](O)[C@@H]6O)[C@@H]5O)[C@H](O)[C@@H]4O)O[C@@H]3CO)O[C@H](CO[C@@H]3O[C@@H](C)[C@H](O)[C@@H](O)[C@H]3O)[C@@H](O)[C@@H]2O)cc1O. The number of fused-ring (bicyclic) bond motifs is 7. The van der Waals surface area contributed by atoms with E-state index < -0.39 is 338 Å². The Hall–Kier alpha value is -4.36. The Kier molecular flexibility index (Phi) is 33.2. The summed E-state index contributed by atoms with van der Waals surface area (Å²) in [5.74, 6) is -2.25. The average molecular weight is 1980 g/mol. The molecular formula is C92H142O46. The second-order valence-corrected chi connectivity index (χ2v) is 42.1. The summed E-state index contributed by atoms with van der Waals surface area (Å²) in [5, 5.41) is 268. The number of ether oxygens (including phenoxy) is 20. The van der Waals surface area contributed by atoms with E-state index in [0.29, 0.717) is 51.4 Å². The van der Waals surface area contributed by atoms with Crippen LogP contribution >= 0.6 is 0 Å². The van der Waals surface area contributed by atoms with Crippen molar-refractivity contribution in [1.29, 1.82) is 0 Å². The van der Waals surface area contributed by atoms with E-state index in [0.717, 1.165) is 24.5 Å². The van der Waals surface area contributed by atoms with Crippen LogP contribution in [0.3, 0.4) is 0 Å². The summed E-state index contributed by atoms with van der Waals surface area (Å²) in [4.78, 5) is 29.0. The van der Waals surface area contributed by atoms with Crippen LogP contribution in [0.15, 0.2) is 35.9 Å². The third kappa shape index (κ3) is 20.3. The first-order chi connectivity index (χ1) is 65.0. The Morgan fingerprint density at radius 1 is 0.435 bits per heavy atom. The number of hydrogen-bond donors (Lipinski definition) is 24. The molecule has 0 aromatic heterocycles. The maximum Gasteiger partial charge on any atom is 0.331 e. The van der Waals surface area contributed by atoms with Gasteiger partial charge in [-0.2, -0.15) is 0 Å². The van der Waals surface area contributed by atoms with Crippen molar-refractivity contribution in [3.05, 3.63) is 41.5 Å². The van der Waals surface area contributed by atoms with Crippen molar-refractivity contribution in [1.82, 2.24) is 0 Å². The Bertz CT molecular complexity index is 4300. The predicted octanol–water partition coefficient (Wildman–Crippen LogP) is -6.57. The van der Waals surface area contributed by atoms with Gasteiger partial charge in [0.15, 0.2) is 67.9 Å². The van der Waals surface area contributed by atoms with Crippen LogP contribution in [0.25, 0.3) is 6.08 Å². The van der Waals surface area contributed by atoms with Gasteiger partial charge in [0.05, 0.1) is 76.6 Å². The quantitative estimate of drug-likeness (QED) is 0.0177. The van der Waals surface area contributed by atoms with E-state index in [1.807, 2.05) is 0 Å². The van der Waals surface area contributed by atoms with Crippen molar-refractivity contribution in [2.75, 3.05) is 46.8 Å². The van der Waals surface area contributed by atoms with Crippen LogP contribution in [-0.4, -0.2) is 451 Å². The normalized spacial score (nSPS) is 50.8. The summed E-state index contributed by atoms with van der Waals surface area (Å²) < 4.78 is 118. The number of benzene rings is 1. The molecule has 51 atom stereocenters. The summed E-state index contributed by atoms with van der Waals surface area (Å²) >= 11 is 0. The highest BCUT2D eigenvalue weighted by atomic mass is 16.8. The molecule has 1 aromatic rings. The molecular weight excluding hydrogens is 1840 g/mol. The van der Waals surface area contributed by atoms with Crippen molar-refractivity contribution >= 4 is 18.0 Å². The number of phenols is 1. The van der Waals surface area contributed by atoms with E-state index in [-0.39, 0.29) is 51.1 Å². The van der Waals surface area contributed by atoms with Gasteiger partial charge in [0.1, 0.15) is 183 Å². The van der Waals surface area contributed by atoms with Gasteiger partial charge < -0.3 is 217 Å². The molecule has 9 saturated heterocycles. The molecule has 0 amide bonds. The van der Waals surface area contributed by atoms with Crippen LogP contribution in [0.2, 0.25) is 0 Å². The molecule has 46 nitrogen and oxygen atoms in total. The van der Waals surface area contributed by atoms with Gasteiger partial charge in [0.25, 0.3) is 0 Å². The zero-order chi connectivity index (χ0) is 100. The number of aliphatic hydroxyl groups excluding tert-OH is 23. The maximum absolute atomic E-state index is 15.5. The minimum Gasteiger partial charge on any atom is -0.504 e. The average Bonchev–Trinajstić information content (AvgIpc) is 0.672. The third-order valence-corrected chi connectivity index (χ3v) is 32.9. The second-order valence-electron chi connectivity index (χ2n) is 42.1. The van der Waals surface area contributed by atoms with E-state index in [1.54, 1.807) is 0 Å². The number of carbonyl (C=O) groups is 2. The lowest BCUT2D eigenvalue weighted by Crippen LogP contribution is -2.67. The minimum absolute atomic E-state index is 0.00924. The third-order valence-electron chi connectivity index (χ3n) is 32.9. The van der Waals surface area contributed by atoms with Gasteiger partial charge in [-0.3, -0.25) is 4.79 Å². The van der Waals surface area contributed by atoms with E-state index in [9.17, 15) is 127 Å². The smallest absolute Gasteiger partial charge is 0.331 e. The number of phenolic OH excluding ortho intramolecular Hbond substituents is 1. The monoisotopic (exact) mass is 1980 g/mol. The molecule has 9 aliphatic heterocycles. The standard InChI is InChI=1S/C92H142O46/c1-34-52(98)59(105)66(112)77(124-34)121-32-46-57(103)62(108)76(133-51(97)17-13-37-12-15-42(119-11)40(95)26-37)85(131-46)135-73-44(29-94)128-81(70(116)64(73)110)129-47-33-123-79(65(111)58(47)104)136-74-54(100)36(3)126-83(71(74)117)137-75-55(101)41(96)30-120-84(75)132-50-19-20-89(8)48(88(50,6)7)18-21-91(10)49(89)16-14-38-39-27-87(4,5)22-24-92(39,25-23-90(38,91)9)86(118)138-82-68(114)61(107)56(102)45(130-82)31-122-78-69(115)63(109)72(43(28-93)127-78)134-80-67(113)60(106)53(99)35(2)125-80/h12-15,17,26,34-36,39,41,43-50,52-85,93-96,98-117H,16,18-25,27-33H2,1-11H3/t34-,35-,36-,39-,41-,43+,44+,45+,46+,47+,48-,49+,50-,52-,53-,54-,55-,56+,57+,58+,59+,60+,61-,62-,63+,64+,65+,66+,67+,68+,69+,70+,71+,72+,73+,74+,75+,76+,77+,78+,79-,80-,81-,82-,83-,84-,85-,89-,90+,91+,92-/m0/s1. The van der Waals surface area contributed by atoms with Gasteiger partial charge in [0.2, 0.25) is 6.29 Å². The zero-order valence-electron chi connectivity index (χ0n) is 78.6. The number of esters is 2. The van der Waals surface area contributed by atoms with Crippen molar-refractivity contribution in [3.63, 3.8) is 0 Å². The molecule has 5 aliphatic carbocycles. The molecule has 0 unspecified atom stereocenters. The van der Waals surface area contributed by atoms with Crippen LogP contribution in [0, 0.1) is 50.2 Å². The van der Waals surface area contributed by atoms with Crippen LogP contribution in [0.5, 0.6) is 11.5 Å². The van der Waals surface area contributed by atoms with Crippen LogP contribution in [0.1, 0.15) is 139 Å². The Morgan fingerprint density at radius 2 is 0.935 bits per heavy atom. The van der Waals surface area contributed by atoms with Gasteiger partial charge >= 0.3 is 11.9 Å². The molecule has 0 bridgehead atoms. The van der Waals surface area contributed by atoms with Crippen LogP contribution in [0.4, 0.5) is 0 Å². The molecule has 1 aromatic carbocycles. The Morgan fingerprint density at radius 3 is 1.57 bits per heavy atom. The number of rotatable bonds is 26. The first-order valence-corrected chi connectivity index (χ1v) is 47.6. The minimum atomic E-state index is -2.19. The highest BCUT2D eigenvalue weighted by molar-refractivity contribution is 5.87. The highest BCUT2D eigenvalue weighted by Gasteiger charge is 2.71. The number of aliphatic hydroxyl groups is 23. The van der Waals surface area contributed by atoms with E-state index in [2.05, 4.69) is 54.5 Å². The largest absolute Gasteiger partial charge is 0.504 e. The molecule has 4 saturated carbocycles. The highest BCUT2D eigenvalue weighted by Crippen LogP contribution is 2.76. The lowest BCUT2D eigenvalue weighted by Gasteiger charge is -2.71. The summed E-state index contributed by atoms with van der Waals surface area (Å²) in [6, 6.07) is 4.14. The molecule has 24 N–H and O–H groups in total. The molecule has 46 heteroatoms. The Balaban J connectivity index is 0.567. The molecule has 786 valence electrons. The van der Waals surface area contributed by atoms with Crippen molar-refractivity contribution < 1.29 is 227 Å². The first kappa shape index (κ1) is 108. The zero-order valence-corrected chi connectivity index (χ0v) is 78.6. The van der Waals surface area contributed by atoms with Crippen LogP contribution < -0.4 is 4.74 Å². The van der Waals surface area contributed by atoms with E-state index >= 15 is 4.79 Å². The predicted molar refractivity (Wildman–Crippen MR) is 457 cm³/mol. The van der Waals surface area contributed by atoms with Gasteiger partial charge in [-0.1, -0.05) is 66.2 Å². The van der Waals surface area contributed by atoms with E-state index in [4.69, 9.17) is 94.7 Å². The fourth-order valence-electron chi connectivity index (χ4n) is 24.2. The fraction of sp³-hybridized carbons (Fsp3) is 0.870. The summed E-state index contributed by atoms with van der Waals surface area (Å²) in [5.41, 5.74) is -1.70. The molecule has 13 fully saturated rings. The number of methoxy groups -OCH3 is 1. The summed E-state index contributed by atoms with van der Waals surface area (Å²) in [6.45, 7) is 15.4. The topological polar surface area (TPSA) is 704 Å². The lowest BCUT2D eigenvalue weighted by atomic mass is 9.33. The fourth-order valence-corrected chi connectivity index (χ4v) is 24.2. The first-order valence-electron chi connectivity index (χ1n) is 47.6. The number of allylic oxidation sites excluding steroid dienone is 2. The summed E-state index contributed by atoms with van der Waals surface area (Å²) in [7, 11) is 1.32. The van der Waals surface area contributed by atoms with Gasteiger partial charge in [0, 0.05) is 6.08 Å². The van der Waals surface area contributed by atoms with Crippen molar-refractivity contribution in [2.45, 2.75) is 404 Å². The molecule has 15 rings (SSSR count). The molecule has 14 aliphatic rings. The van der Waals surface area contributed by atoms with Crippen molar-refractivity contribution in [3.8, 4) is 11.5 Å². The van der Waals surface area contributed by atoms with Gasteiger partial charge in [-0.05, 0) is 154 Å². The van der Waals surface area contributed by atoms with Gasteiger partial charge in [-0.25, -0.2) is 4.79 Å². The summed E-state index contributed by atoms with van der Waals surface area (Å²) in [6.07, 6.45) is -65.8. The van der Waals surface area contributed by atoms with E-state index in [1.165, 1.54) is 52.2 Å². The lowest BCUT2D eigenvalue weighted by molar-refractivity contribution is -0.387. The molecule has 0 radical (unpaired) electrons. The number of aromatic hydroxyl groups is 1. The number of hydrogen-bond acceptors (Lipinski definition) is 46. The number of carbonyl (C=O) groups excluding carboxylic acids is 2. The second kappa shape index (κ2) is 42.5. The molecule has 9 heterocycles. The van der Waals surface area contributed by atoms with Crippen molar-refractivity contribution in [2.24, 2.45) is 50.2 Å². The Labute approximate surface area is 795 Å². The molecule has 0 spiro atoms.